The normalized spacial score (nSPS) is 13.5. The summed E-state index contributed by atoms with van der Waals surface area (Å²) in [5.41, 5.74) is 5.50. The van der Waals surface area contributed by atoms with E-state index in [0.717, 1.165) is 24.3 Å². The molecular formula is C25H24FN3O2. The minimum absolute atomic E-state index is 0.136. The van der Waals surface area contributed by atoms with E-state index < -0.39 is 0 Å². The lowest BCUT2D eigenvalue weighted by Gasteiger charge is -2.17. The number of carbonyl (C=O) groups excluding carboxylic acids is 1. The molecule has 31 heavy (non-hydrogen) atoms. The second-order valence-electron chi connectivity index (χ2n) is 7.39. The smallest absolute Gasteiger partial charge is 0.271 e. The molecular weight excluding hydrogens is 393 g/mol. The van der Waals surface area contributed by atoms with Crippen LogP contribution in [0.1, 0.15) is 34.3 Å². The first-order valence-corrected chi connectivity index (χ1v) is 10.3. The van der Waals surface area contributed by atoms with Crippen LogP contribution in [-0.2, 0) is 6.61 Å². The summed E-state index contributed by atoms with van der Waals surface area (Å²) in [7, 11) is 0. The minimum atomic E-state index is -0.295. The molecule has 1 N–H and O–H groups in total. The predicted molar refractivity (Wildman–Crippen MR) is 120 cm³/mol. The lowest BCUT2D eigenvalue weighted by Crippen LogP contribution is -2.19. The number of hydrogen-bond donors (Lipinski definition) is 1. The van der Waals surface area contributed by atoms with Gasteiger partial charge in [0.05, 0.1) is 6.21 Å². The molecule has 0 bridgehead atoms. The number of anilines is 1. The summed E-state index contributed by atoms with van der Waals surface area (Å²) in [5, 5.41) is 4.04. The van der Waals surface area contributed by atoms with Gasteiger partial charge in [-0.15, -0.1) is 0 Å². The first kappa shape index (κ1) is 20.6. The van der Waals surface area contributed by atoms with Gasteiger partial charge in [-0.25, -0.2) is 9.82 Å². The lowest BCUT2D eigenvalue weighted by molar-refractivity contribution is 0.0955. The molecule has 1 aliphatic rings. The zero-order chi connectivity index (χ0) is 21.5. The van der Waals surface area contributed by atoms with E-state index in [1.54, 1.807) is 36.5 Å². The Morgan fingerprint density at radius 1 is 1.03 bits per heavy atom. The van der Waals surface area contributed by atoms with Crippen LogP contribution in [0, 0.1) is 5.82 Å². The molecule has 0 spiro atoms. The first-order valence-electron chi connectivity index (χ1n) is 10.3. The van der Waals surface area contributed by atoms with E-state index in [9.17, 15) is 9.18 Å². The molecule has 3 aromatic rings. The number of nitrogens with one attached hydrogen (secondary N) is 1. The van der Waals surface area contributed by atoms with Crippen molar-refractivity contribution in [3.8, 4) is 5.75 Å². The second-order valence-corrected chi connectivity index (χ2v) is 7.39. The fraction of sp³-hybridized carbons (Fsp3) is 0.200. The third kappa shape index (κ3) is 5.48. The fourth-order valence-electron chi connectivity index (χ4n) is 3.49. The molecule has 0 unspecified atom stereocenters. The Balaban J connectivity index is 1.31. The van der Waals surface area contributed by atoms with Crippen LogP contribution in [0.15, 0.2) is 77.9 Å². The Morgan fingerprint density at radius 2 is 1.81 bits per heavy atom. The molecule has 0 aliphatic carbocycles. The number of halogens is 1. The quantitative estimate of drug-likeness (QED) is 0.445. The van der Waals surface area contributed by atoms with E-state index in [0.29, 0.717) is 16.9 Å². The summed E-state index contributed by atoms with van der Waals surface area (Å²) >= 11 is 0. The van der Waals surface area contributed by atoms with Gasteiger partial charge in [-0.3, -0.25) is 4.79 Å². The van der Waals surface area contributed by atoms with E-state index in [1.165, 1.54) is 18.9 Å². The van der Waals surface area contributed by atoms with Crippen LogP contribution in [0.2, 0.25) is 0 Å². The molecule has 1 heterocycles. The summed E-state index contributed by atoms with van der Waals surface area (Å²) < 4.78 is 19.4. The number of carbonyl (C=O) groups is 1. The number of hydrogen-bond acceptors (Lipinski definition) is 4. The first-order chi connectivity index (χ1) is 15.2. The van der Waals surface area contributed by atoms with Crippen LogP contribution >= 0.6 is 0 Å². The molecule has 158 valence electrons. The maximum absolute atomic E-state index is 13.7. The van der Waals surface area contributed by atoms with Gasteiger partial charge in [0.1, 0.15) is 18.2 Å². The summed E-state index contributed by atoms with van der Waals surface area (Å²) in [4.78, 5) is 14.6. The average molecular weight is 417 g/mol. The van der Waals surface area contributed by atoms with Crippen molar-refractivity contribution in [2.24, 2.45) is 5.10 Å². The third-order valence-electron chi connectivity index (χ3n) is 5.19. The maximum atomic E-state index is 13.7. The van der Waals surface area contributed by atoms with Crippen LogP contribution in [0.3, 0.4) is 0 Å². The number of rotatable bonds is 7. The largest absolute Gasteiger partial charge is 0.489 e. The monoisotopic (exact) mass is 417 g/mol. The van der Waals surface area contributed by atoms with Crippen molar-refractivity contribution in [3.05, 3.63) is 95.3 Å². The van der Waals surface area contributed by atoms with Crippen molar-refractivity contribution < 1.29 is 13.9 Å². The van der Waals surface area contributed by atoms with Crippen molar-refractivity contribution in [3.63, 3.8) is 0 Å². The lowest BCUT2D eigenvalue weighted by atomic mass is 10.2. The van der Waals surface area contributed by atoms with Crippen molar-refractivity contribution in [1.82, 2.24) is 5.43 Å². The van der Waals surface area contributed by atoms with Gasteiger partial charge in [0.15, 0.2) is 0 Å². The van der Waals surface area contributed by atoms with E-state index >= 15 is 0 Å². The van der Waals surface area contributed by atoms with Gasteiger partial charge in [0, 0.05) is 29.9 Å². The second kappa shape index (κ2) is 9.89. The molecule has 1 amide bonds. The molecule has 6 heteroatoms. The van der Waals surface area contributed by atoms with Crippen LogP contribution in [-0.4, -0.2) is 25.2 Å². The molecule has 5 nitrogen and oxygen atoms in total. The van der Waals surface area contributed by atoms with Crippen molar-refractivity contribution in [1.29, 1.82) is 0 Å². The molecule has 0 atom stereocenters. The molecule has 1 fully saturated rings. The summed E-state index contributed by atoms with van der Waals surface area (Å²) in [6.07, 6.45) is 3.98. The zero-order valence-corrected chi connectivity index (χ0v) is 17.1. The highest BCUT2D eigenvalue weighted by Crippen LogP contribution is 2.20. The number of ether oxygens (including phenoxy) is 1. The molecule has 1 saturated heterocycles. The highest BCUT2D eigenvalue weighted by atomic mass is 19.1. The molecule has 4 rings (SSSR count). The van der Waals surface area contributed by atoms with Gasteiger partial charge in [-0.1, -0.05) is 30.3 Å². The van der Waals surface area contributed by atoms with Crippen molar-refractivity contribution >= 4 is 17.8 Å². The maximum Gasteiger partial charge on any atom is 0.271 e. The molecule has 3 aromatic carbocycles. The number of hydrazone groups is 1. The van der Waals surface area contributed by atoms with Gasteiger partial charge < -0.3 is 9.64 Å². The Bertz CT molecular complexity index is 1060. The third-order valence-corrected chi connectivity index (χ3v) is 5.19. The Hall–Kier alpha value is -3.67. The highest BCUT2D eigenvalue weighted by molar-refractivity contribution is 5.95. The number of amides is 1. The van der Waals surface area contributed by atoms with Crippen LogP contribution in [0.4, 0.5) is 10.1 Å². The van der Waals surface area contributed by atoms with E-state index in [-0.39, 0.29) is 18.3 Å². The molecule has 0 aromatic heterocycles. The fourth-order valence-corrected chi connectivity index (χ4v) is 3.49. The van der Waals surface area contributed by atoms with Gasteiger partial charge in [0.2, 0.25) is 0 Å². The summed E-state index contributed by atoms with van der Waals surface area (Å²) in [6, 6.07) is 21.3. The minimum Gasteiger partial charge on any atom is -0.489 e. The molecule has 0 radical (unpaired) electrons. The van der Waals surface area contributed by atoms with Gasteiger partial charge in [-0.05, 0) is 60.9 Å². The predicted octanol–water partition coefficient (Wildman–Crippen LogP) is 4.77. The number of benzene rings is 3. The SMILES string of the molecule is O=C(N/N=C\c1cccc(OCc2ccccc2F)c1)c1ccc(N2CCCC2)cc1. The molecule has 0 saturated carbocycles. The van der Waals surface area contributed by atoms with E-state index in [2.05, 4.69) is 15.4 Å². The van der Waals surface area contributed by atoms with Gasteiger partial charge in [0.25, 0.3) is 5.91 Å². The van der Waals surface area contributed by atoms with Crippen molar-refractivity contribution in [2.75, 3.05) is 18.0 Å². The Labute approximate surface area is 181 Å². The Kier molecular flexibility index (Phi) is 6.57. The van der Waals surface area contributed by atoms with Crippen LogP contribution < -0.4 is 15.1 Å². The zero-order valence-electron chi connectivity index (χ0n) is 17.1. The van der Waals surface area contributed by atoms with Gasteiger partial charge >= 0.3 is 0 Å². The van der Waals surface area contributed by atoms with Crippen LogP contribution in [0.25, 0.3) is 0 Å². The summed E-state index contributed by atoms with van der Waals surface area (Å²) in [5.74, 6) is 0.0311. The van der Waals surface area contributed by atoms with E-state index in [1.807, 2.05) is 36.4 Å². The average Bonchev–Trinajstić information content (AvgIpc) is 3.34. The van der Waals surface area contributed by atoms with Crippen LogP contribution in [0.5, 0.6) is 5.75 Å². The number of nitrogens with zero attached hydrogens (tertiary/aromatic N) is 2. The highest BCUT2D eigenvalue weighted by Gasteiger charge is 2.12. The standard InChI is InChI=1S/C25H24FN3O2/c26-24-9-2-1-7-21(24)18-31-23-8-5-6-19(16-23)17-27-28-25(30)20-10-12-22(13-11-20)29-14-3-4-15-29/h1-2,5-13,16-17H,3-4,14-15,18H2,(H,28,30)/b27-17-. The van der Waals surface area contributed by atoms with E-state index in [4.69, 9.17) is 4.74 Å². The van der Waals surface area contributed by atoms with Gasteiger partial charge in [-0.2, -0.15) is 5.10 Å². The molecule has 1 aliphatic heterocycles. The Morgan fingerprint density at radius 3 is 2.58 bits per heavy atom. The van der Waals surface area contributed by atoms with Crippen molar-refractivity contribution in [2.45, 2.75) is 19.4 Å². The topological polar surface area (TPSA) is 53.9 Å². The summed E-state index contributed by atoms with van der Waals surface area (Å²) in [6.45, 7) is 2.27.